The maximum atomic E-state index is 13.4. The number of hydrogen-bond donors (Lipinski definition) is 1. The molecule has 2 rings (SSSR count). The molecule has 1 aliphatic rings. The smallest absolute Gasteiger partial charge is 0.167 e. The van der Waals surface area contributed by atoms with Crippen LogP contribution in [0.4, 0.5) is 10.1 Å². The number of halogens is 1. The van der Waals surface area contributed by atoms with Crippen LogP contribution in [0.5, 0.6) is 5.75 Å². The normalized spacial score (nSPS) is 15.9. The predicted octanol–water partition coefficient (Wildman–Crippen LogP) is 2.04. The van der Waals surface area contributed by atoms with Gasteiger partial charge < -0.3 is 14.8 Å². The molecule has 0 saturated carbocycles. The van der Waals surface area contributed by atoms with E-state index in [1.54, 1.807) is 6.07 Å². The van der Waals surface area contributed by atoms with E-state index < -0.39 is 0 Å². The average molecular weight is 211 g/mol. The summed E-state index contributed by atoms with van der Waals surface area (Å²) in [7, 11) is 0. The second kappa shape index (κ2) is 4.49. The zero-order valence-corrected chi connectivity index (χ0v) is 8.63. The number of ether oxygens (including phenoxy) is 2. The van der Waals surface area contributed by atoms with Crippen molar-refractivity contribution in [3.63, 3.8) is 0 Å². The van der Waals surface area contributed by atoms with Gasteiger partial charge in [-0.25, -0.2) is 4.39 Å². The van der Waals surface area contributed by atoms with Gasteiger partial charge in [-0.1, -0.05) is 0 Å². The SMILES string of the molecule is CCOc1ccc(NC2COC2)cc1F. The van der Waals surface area contributed by atoms with Gasteiger partial charge in [-0.05, 0) is 19.1 Å². The molecule has 82 valence electrons. The minimum absolute atomic E-state index is 0.299. The zero-order valence-electron chi connectivity index (χ0n) is 8.63. The van der Waals surface area contributed by atoms with E-state index in [-0.39, 0.29) is 5.82 Å². The first-order chi connectivity index (χ1) is 7.29. The van der Waals surface area contributed by atoms with Crippen molar-refractivity contribution in [2.75, 3.05) is 25.1 Å². The highest BCUT2D eigenvalue weighted by Gasteiger charge is 2.18. The summed E-state index contributed by atoms with van der Waals surface area (Å²) in [6.07, 6.45) is 0. The van der Waals surface area contributed by atoms with E-state index >= 15 is 0 Å². The molecule has 1 heterocycles. The Morgan fingerprint density at radius 2 is 2.33 bits per heavy atom. The maximum absolute atomic E-state index is 13.4. The molecule has 4 heteroatoms. The maximum Gasteiger partial charge on any atom is 0.167 e. The first-order valence-electron chi connectivity index (χ1n) is 5.06. The molecule has 1 fully saturated rings. The van der Waals surface area contributed by atoms with Gasteiger partial charge in [0.05, 0.1) is 25.9 Å². The van der Waals surface area contributed by atoms with Crippen molar-refractivity contribution in [2.45, 2.75) is 13.0 Å². The lowest BCUT2D eigenvalue weighted by molar-refractivity contribution is 0.0211. The van der Waals surface area contributed by atoms with Gasteiger partial charge in [0.25, 0.3) is 0 Å². The molecule has 0 unspecified atom stereocenters. The van der Waals surface area contributed by atoms with Crippen LogP contribution in [0.1, 0.15) is 6.92 Å². The first kappa shape index (κ1) is 10.2. The molecule has 0 spiro atoms. The Hall–Kier alpha value is -1.29. The highest BCUT2D eigenvalue weighted by atomic mass is 19.1. The van der Waals surface area contributed by atoms with E-state index in [9.17, 15) is 4.39 Å². The Morgan fingerprint density at radius 1 is 1.53 bits per heavy atom. The number of benzene rings is 1. The lowest BCUT2D eigenvalue weighted by atomic mass is 10.2. The molecule has 1 aromatic carbocycles. The van der Waals surface area contributed by atoms with Crippen LogP contribution in [0.3, 0.4) is 0 Å². The molecule has 0 radical (unpaired) electrons. The van der Waals surface area contributed by atoms with Gasteiger partial charge in [-0.2, -0.15) is 0 Å². The fraction of sp³-hybridized carbons (Fsp3) is 0.455. The van der Waals surface area contributed by atoms with Crippen LogP contribution >= 0.6 is 0 Å². The zero-order chi connectivity index (χ0) is 10.7. The van der Waals surface area contributed by atoms with Gasteiger partial charge in [-0.15, -0.1) is 0 Å². The molecule has 0 aromatic heterocycles. The van der Waals surface area contributed by atoms with E-state index in [2.05, 4.69) is 5.32 Å². The Bertz CT molecular complexity index is 339. The van der Waals surface area contributed by atoms with Crippen molar-refractivity contribution in [2.24, 2.45) is 0 Å². The van der Waals surface area contributed by atoms with Gasteiger partial charge in [0.2, 0.25) is 0 Å². The van der Waals surface area contributed by atoms with Crippen LogP contribution in [0.25, 0.3) is 0 Å². The van der Waals surface area contributed by atoms with Gasteiger partial charge in [0, 0.05) is 11.8 Å². The number of rotatable bonds is 4. The van der Waals surface area contributed by atoms with Crippen LogP contribution in [0, 0.1) is 5.82 Å². The third kappa shape index (κ3) is 2.39. The topological polar surface area (TPSA) is 30.5 Å². The number of nitrogens with one attached hydrogen (secondary N) is 1. The predicted molar refractivity (Wildman–Crippen MR) is 55.8 cm³/mol. The highest BCUT2D eigenvalue weighted by Crippen LogP contribution is 2.22. The van der Waals surface area contributed by atoms with Crippen molar-refractivity contribution in [3.8, 4) is 5.75 Å². The van der Waals surface area contributed by atoms with Crippen LogP contribution in [-0.2, 0) is 4.74 Å². The summed E-state index contributed by atoms with van der Waals surface area (Å²) < 4.78 is 23.5. The minimum Gasteiger partial charge on any atom is -0.491 e. The average Bonchev–Trinajstić information content (AvgIpc) is 2.16. The van der Waals surface area contributed by atoms with Crippen molar-refractivity contribution < 1.29 is 13.9 Å². The van der Waals surface area contributed by atoms with Crippen LogP contribution in [-0.4, -0.2) is 25.9 Å². The summed E-state index contributed by atoms with van der Waals surface area (Å²) >= 11 is 0. The number of anilines is 1. The van der Waals surface area contributed by atoms with E-state index in [0.717, 1.165) is 5.69 Å². The minimum atomic E-state index is -0.331. The van der Waals surface area contributed by atoms with Crippen molar-refractivity contribution in [3.05, 3.63) is 24.0 Å². The van der Waals surface area contributed by atoms with Gasteiger partial charge in [0.1, 0.15) is 0 Å². The molecule has 0 aliphatic carbocycles. The second-order valence-corrected chi connectivity index (χ2v) is 3.46. The van der Waals surface area contributed by atoms with Crippen molar-refractivity contribution in [1.29, 1.82) is 0 Å². The Labute approximate surface area is 88.2 Å². The highest BCUT2D eigenvalue weighted by molar-refractivity contribution is 5.48. The third-order valence-corrected chi connectivity index (χ3v) is 2.24. The molecule has 3 nitrogen and oxygen atoms in total. The second-order valence-electron chi connectivity index (χ2n) is 3.46. The molecule has 15 heavy (non-hydrogen) atoms. The van der Waals surface area contributed by atoms with E-state index in [0.29, 0.717) is 31.6 Å². The Morgan fingerprint density at radius 3 is 2.87 bits per heavy atom. The van der Waals surface area contributed by atoms with Gasteiger partial charge in [0.15, 0.2) is 11.6 Å². The molecule has 1 aromatic rings. The molecule has 1 N–H and O–H groups in total. The van der Waals surface area contributed by atoms with Crippen molar-refractivity contribution in [1.82, 2.24) is 0 Å². The summed E-state index contributed by atoms with van der Waals surface area (Å²) in [5.74, 6) is -0.0324. The lowest BCUT2D eigenvalue weighted by Gasteiger charge is -2.27. The summed E-state index contributed by atoms with van der Waals surface area (Å²) in [5.41, 5.74) is 0.768. The summed E-state index contributed by atoms with van der Waals surface area (Å²) in [6.45, 7) is 3.68. The molecule has 0 amide bonds. The van der Waals surface area contributed by atoms with Gasteiger partial charge in [-0.3, -0.25) is 0 Å². The largest absolute Gasteiger partial charge is 0.491 e. The van der Waals surface area contributed by atoms with Gasteiger partial charge >= 0.3 is 0 Å². The van der Waals surface area contributed by atoms with Crippen LogP contribution in [0.2, 0.25) is 0 Å². The molecular formula is C11H14FNO2. The molecule has 0 bridgehead atoms. The summed E-state index contributed by atoms with van der Waals surface area (Å²) in [6, 6.07) is 5.21. The molecular weight excluding hydrogens is 197 g/mol. The standard InChI is InChI=1S/C11H14FNO2/c1-2-15-11-4-3-8(5-10(11)12)13-9-6-14-7-9/h3-5,9,13H,2,6-7H2,1H3. The fourth-order valence-electron chi connectivity index (χ4n) is 1.42. The summed E-state index contributed by atoms with van der Waals surface area (Å²) in [4.78, 5) is 0. The fourth-order valence-corrected chi connectivity index (χ4v) is 1.42. The van der Waals surface area contributed by atoms with E-state index in [1.165, 1.54) is 6.07 Å². The van der Waals surface area contributed by atoms with E-state index in [4.69, 9.17) is 9.47 Å². The lowest BCUT2D eigenvalue weighted by Crippen LogP contribution is -2.40. The number of hydrogen-bond acceptors (Lipinski definition) is 3. The van der Waals surface area contributed by atoms with Crippen molar-refractivity contribution >= 4 is 5.69 Å². The third-order valence-electron chi connectivity index (χ3n) is 2.24. The van der Waals surface area contributed by atoms with E-state index in [1.807, 2.05) is 13.0 Å². The first-order valence-corrected chi connectivity index (χ1v) is 5.06. The Kier molecular flexibility index (Phi) is 3.06. The van der Waals surface area contributed by atoms with Crippen LogP contribution < -0.4 is 10.1 Å². The summed E-state index contributed by atoms with van der Waals surface area (Å²) in [5, 5.41) is 3.17. The monoisotopic (exact) mass is 211 g/mol. The van der Waals surface area contributed by atoms with Crippen LogP contribution in [0.15, 0.2) is 18.2 Å². The molecule has 0 atom stereocenters. The Balaban J connectivity index is 2.03. The molecule has 1 aliphatic heterocycles. The molecule has 1 saturated heterocycles. The quantitative estimate of drug-likeness (QED) is 0.826.